The zero-order valence-electron chi connectivity index (χ0n) is 10.6. The van der Waals surface area contributed by atoms with E-state index in [1.54, 1.807) is 19.9 Å². The van der Waals surface area contributed by atoms with Gasteiger partial charge in [-0.15, -0.1) is 0 Å². The summed E-state index contributed by atoms with van der Waals surface area (Å²) in [5.41, 5.74) is 2.34. The quantitative estimate of drug-likeness (QED) is 0.444. The highest BCUT2D eigenvalue weighted by molar-refractivity contribution is 7.85. The van der Waals surface area contributed by atoms with Crippen molar-refractivity contribution in [1.29, 1.82) is 0 Å². The van der Waals surface area contributed by atoms with Gasteiger partial charge in [-0.1, -0.05) is 17.2 Å². The van der Waals surface area contributed by atoms with Gasteiger partial charge in [0.15, 0.2) is 0 Å². The number of carbonyl (C=O) groups excluding carboxylic acids is 1. The van der Waals surface area contributed by atoms with Gasteiger partial charge in [0.2, 0.25) is 0 Å². The molecule has 0 aliphatic rings. The van der Waals surface area contributed by atoms with Crippen molar-refractivity contribution in [2.24, 2.45) is 0 Å². The molecule has 0 saturated carbocycles. The Bertz CT molecular complexity index is 438. The van der Waals surface area contributed by atoms with Crippen LogP contribution in [-0.2, 0) is 14.9 Å². The standard InChI is InChI=1S/C11H19NO4S/c1-8(2)7-10(9(3)4)11(13)12-5-6-17(14,15)16/h7H,5-6H2,1-4H3,(H,12,13)(H,14,15,16). The van der Waals surface area contributed by atoms with Gasteiger partial charge < -0.3 is 5.32 Å². The number of rotatable bonds is 5. The lowest BCUT2D eigenvalue weighted by molar-refractivity contribution is -0.117. The molecule has 2 N–H and O–H groups in total. The summed E-state index contributed by atoms with van der Waals surface area (Å²) in [6, 6.07) is 0. The Morgan fingerprint density at radius 1 is 1.24 bits per heavy atom. The normalized spacial score (nSPS) is 10.6. The van der Waals surface area contributed by atoms with Crippen molar-refractivity contribution in [2.45, 2.75) is 27.7 Å². The van der Waals surface area contributed by atoms with Crippen LogP contribution in [0.2, 0.25) is 0 Å². The molecule has 0 fully saturated rings. The molecule has 6 heteroatoms. The predicted molar refractivity (Wildman–Crippen MR) is 67.2 cm³/mol. The minimum Gasteiger partial charge on any atom is -0.351 e. The Kier molecular flexibility index (Phi) is 6.12. The Balaban J connectivity index is 4.59. The maximum Gasteiger partial charge on any atom is 0.266 e. The van der Waals surface area contributed by atoms with Crippen molar-refractivity contribution < 1.29 is 17.8 Å². The zero-order chi connectivity index (χ0) is 13.6. The summed E-state index contributed by atoms with van der Waals surface area (Å²) < 4.78 is 29.5. The first kappa shape index (κ1) is 15.9. The summed E-state index contributed by atoms with van der Waals surface area (Å²) in [5.74, 6) is -0.821. The maximum atomic E-state index is 11.7. The first-order valence-electron chi connectivity index (χ1n) is 5.19. The Morgan fingerprint density at radius 3 is 2.12 bits per heavy atom. The smallest absolute Gasteiger partial charge is 0.266 e. The Morgan fingerprint density at radius 2 is 1.76 bits per heavy atom. The summed E-state index contributed by atoms with van der Waals surface area (Å²) >= 11 is 0. The van der Waals surface area contributed by atoms with Gasteiger partial charge in [-0.05, 0) is 27.7 Å². The van der Waals surface area contributed by atoms with Gasteiger partial charge >= 0.3 is 0 Å². The third-order valence-corrected chi connectivity index (χ3v) is 2.58. The van der Waals surface area contributed by atoms with Crippen LogP contribution >= 0.6 is 0 Å². The fraction of sp³-hybridized carbons (Fsp3) is 0.545. The van der Waals surface area contributed by atoms with Crippen LogP contribution in [0.15, 0.2) is 22.8 Å². The van der Waals surface area contributed by atoms with Gasteiger partial charge in [0.25, 0.3) is 16.0 Å². The fourth-order valence-corrected chi connectivity index (χ4v) is 1.47. The molecule has 0 rings (SSSR count). The lowest BCUT2D eigenvalue weighted by atomic mass is 10.1. The molecule has 5 nitrogen and oxygen atoms in total. The SMILES string of the molecule is CC(C)=CC(C(=O)NCCS(=O)(=O)O)=C(C)C. The van der Waals surface area contributed by atoms with Crippen molar-refractivity contribution in [2.75, 3.05) is 12.3 Å². The van der Waals surface area contributed by atoms with Crippen LogP contribution in [0.3, 0.4) is 0 Å². The molecule has 0 unspecified atom stereocenters. The molecule has 0 atom stereocenters. The first-order valence-corrected chi connectivity index (χ1v) is 6.80. The van der Waals surface area contributed by atoms with Gasteiger partial charge in [-0.2, -0.15) is 8.42 Å². The summed E-state index contributed by atoms with van der Waals surface area (Å²) in [6.45, 7) is 7.24. The molecule has 0 aromatic carbocycles. The topological polar surface area (TPSA) is 83.5 Å². The van der Waals surface area contributed by atoms with Crippen LogP contribution in [-0.4, -0.2) is 31.2 Å². The number of amides is 1. The van der Waals surface area contributed by atoms with Crippen LogP contribution in [0.25, 0.3) is 0 Å². The van der Waals surface area contributed by atoms with Crippen molar-refractivity contribution in [1.82, 2.24) is 5.32 Å². The highest BCUT2D eigenvalue weighted by Gasteiger charge is 2.10. The van der Waals surface area contributed by atoms with Crippen LogP contribution in [0.5, 0.6) is 0 Å². The predicted octanol–water partition coefficient (Wildman–Crippen LogP) is 1.29. The third kappa shape index (κ3) is 7.70. The lowest BCUT2D eigenvalue weighted by Gasteiger charge is -2.07. The minimum absolute atomic E-state index is 0.106. The second-order valence-corrected chi connectivity index (χ2v) is 5.75. The fourth-order valence-electron chi connectivity index (χ4n) is 1.11. The number of nitrogens with one attached hydrogen (secondary N) is 1. The molecule has 98 valence electrons. The molecule has 17 heavy (non-hydrogen) atoms. The number of hydrogen-bond donors (Lipinski definition) is 2. The molecule has 0 saturated heterocycles. The van der Waals surface area contributed by atoms with E-state index in [1.165, 1.54) is 0 Å². The number of carbonyl (C=O) groups is 1. The molecular formula is C11H19NO4S. The average Bonchev–Trinajstić information content (AvgIpc) is 2.11. The van der Waals surface area contributed by atoms with E-state index in [2.05, 4.69) is 5.32 Å². The summed E-state index contributed by atoms with van der Waals surface area (Å²) in [4.78, 5) is 11.7. The van der Waals surface area contributed by atoms with Crippen LogP contribution in [0.4, 0.5) is 0 Å². The minimum atomic E-state index is -4.03. The first-order chi connectivity index (χ1) is 7.63. The molecule has 0 aromatic rings. The van der Waals surface area contributed by atoms with Crippen molar-refractivity contribution in [3.8, 4) is 0 Å². The third-order valence-electron chi connectivity index (χ3n) is 1.86. The summed E-state index contributed by atoms with van der Waals surface area (Å²) in [7, 11) is -4.03. The van der Waals surface area contributed by atoms with E-state index in [1.807, 2.05) is 13.8 Å². The molecular weight excluding hydrogens is 242 g/mol. The Labute approximate surface area is 102 Å². The highest BCUT2D eigenvalue weighted by Crippen LogP contribution is 2.08. The lowest BCUT2D eigenvalue weighted by Crippen LogP contribution is -2.30. The van der Waals surface area contributed by atoms with E-state index in [0.717, 1.165) is 11.1 Å². The molecule has 0 aliphatic heterocycles. The maximum absolute atomic E-state index is 11.7. The molecule has 0 radical (unpaired) electrons. The zero-order valence-corrected chi connectivity index (χ0v) is 11.4. The molecule has 0 spiro atoms. The Hall–Kier alpha value is -1.14. The van der Waals surface area contributed by atoms with E-state index < -0.39 is 15.9 Å². The van der Waals surface area contributed by atoms with Gasteiger partial charge in [-0.3, -0.25) is 9.35 Å². The van der Waals surface area contributed by atoms with Gasteiger partial charge in [-0.25, -0.2) is 0 Å². The summed E-state index contributed by atoms with van der Waals surface area (Å²) in [6.07, 6.45) is 1.73. The number of allylic oxidation sites excluding steroid dienone is 2. The van der Waals surface area contributed by atoms with E-state index in [0.29, 0.717) is 5.57 Å². The van der Waals surface area contributed by atoms with Crippen molar-refractivity contribution in [3.63, 3.8) is 0 Å². The van der Waals surface area contributed by atoms with Crippen LogP contribution in [0, 0.1) is 0 Å². The van der Waals surface area contributed by atoms with Gasteiger partial charge in [0.1, 0.15) is 0 Å². The number of hydrogen-bond acceptors (Lipinski definition) is 3. The van der Waals surface area contributed by atoms with Gasteiger partial charge in [0, 0.05) is 12.1 Å². The van der Waals surface area contributed by atoms with E-state index in [4.69, 9.17) is 4.55 Å². The second kappa shape index (κ2) is 6.56. The molecule has 0 heterocycles. The second-order valence-electron chi connectivity index (χ2n) is 4.18. The van der Waals surface area contributed by atoms with E-state index >= 15 is 0 Å². The largest absolute Gasteiger partial charge is 0.351 e. The molecule has 0 aliphatic carbocycles. The monoisotopic (exact) mass is 261 g/mol. The highest BCUT2D eigenvalue weighted by atomic mass is 32.2. The van der Waals surface area contributed by atoms with E-state index in [-0.39, 0.29) is 12.5 Å². The summed E-state index contributed by atoms with van der Waals surface area (Å²) in [5, 5.41) is 2.45. The van der Waals surface area contributed by atoms with E-state index in [9.17, 15) is 13.2 Å². The molecule has 0 aromatic heterocycles. The van der Waals surface area contributed by atoms with Crippen LogP contribution < -0.4 is 5.32 Å². The van der Waals surface area contributed by atoms with Gasteiger partial charge in [0.05, 0.1) is 5.75 Å². The average molecular weight is 261 g/mol. The van der Waals surface area contributed by atoms with Crippen molar-refractivity contribution >= 4 is 16.0 Å². The molecule has 1 amide bonds. The molecule has 0 bridgehead atoms. The van der Waals surface area contributed by atoms with Crippen molar-refractivity contribution in [3.05, 3.63) is 22.8 Å². The van der Waals surface area contributed by atoms with Crippen LogP contribution in [0.1, 0.15) is 27.7 Å².